The summed E-state index contributed by atoms with van der Waals surface area (Å²) in [7, 11) is 1.44. The van der Waals surface area contributed by atoms with E-state index in [4.69, 9.17) is 13.8 Å². The van der Waals surface area contributed by atoms with Crippen LogP contribution < -0.4 is 5.32 Å². The lowest BCUT2D eigenvalue weighted by atomic mass is 10.1. The molecule has 9 nitrogen and oxygen atoms in total. The van der Waals surface area contributed by atoms with Crippen molar-refractivity contribution in [2.45, 2.75) is 251 Å². The predicted octanol–water partition coefficient (Wildman–Crippen LogP) is 19.1. The van der Waals surface area contributed by atoms with Gasteiger partial charge in [-0.2, -0.15) is 0 Å². The molecule has 0 saturated heterocycles. The van der Waals surface area contributed by atoms with Gasteiger partial charge >= 0.3 is 13.8 Å². The number of esters is 1. The van der Waals surface area contributed by atoms with E-state index in [-0.39, 0.29) is 37.9 Å². The third-order valence-corrected chi connectivity index (χ3v) is 13.9. The maximum atomic E-state index is 13.5. The molecule has 0 aliphatic rings. The second kappa shape index (κ2) is 55.7. The Hall–Kier alpha value is -3.59. The van der Waals surface area contributed by atoms with Crippen molar-refractivity contribution in [2.75, 3.05) is 40.9 Å². The molecule has 0 aliphatic heterocycles. The van der Waals surface area contributed by atoms with Gasteiger partial charge in [0.25, 0.3) is 0 Å². The summed E-state index contributed by atoms with van der Waals surface area (Å²) in [6.07, 6.45) is 77.7. The van der Waals surface area contributed by atoms with Crippen LogP contribution in [0.4, 0.5) is 0 Å². The van der Waals surface area contributed by atoms with E-state index in [1.807, 2.05) is 33.3 Å². The lowest BCUT2D eigenvalue weighted by molar-refractivity contribution is -0.870. The number of rotatable bonds is 54. The van der Waals surface area contributed by atoms with E-state index in [1.165, 1.54) is 70.6 Å². The summed E-state index contributed by atoms with van der Waals surface area (Å²) in [5.74, 6) is -0.579. The Bertz CT molecular complexity index is 1730. The molecule has 10 heteroatoms. The van der Waals surface area contributed by atoms with Crippen LogP contribution in [0.2, 0.25) is 0 Å². The minimum Gasteiger partial charge on any atom is -0.456 e. The highest BCUT2D eigenvalue weighted by molar-refractivity contribution is 7.47. The number of phosphoric acid groups is 1. The Morgan fingerprint density at radius 1 is 0.468 bits per heavy atom. The number of allylic oxidation sites excluding steroid dienone is 19. The molecule has 0 radical (unpaired) electrons. The molecule has 1 amide bonds. The highest BCUT2D eigenvalue weighted by Crippen LogP contribution is 2.43. The Morgan fingerprint density at radius 2 is 0.831 bits per heavy atom. The van der Waals surface area contributed by atoms with E-state index in [1.54, 1.807) is 0 Å². The van der Waals surface area contributed by atoms with E-state index >= 15 is 0 Å². The molecule has 2 N–H and O–H groups in total. The van der Waals surface area contributed by atoms with Crippen LogP contribution in [0.1, 0.15) is 239 Å². The lowest BCUT2D eigenvalue weighted by Gasteiger charge is -2.27. The normalized spacial score (nSPS) is 14.5. The summed E-state index contributed by atoms with van der Waals surface area (Å²) < 4.78 is 30.6. The van der Waals surface area contributed by atoms with E-state index in [0.29, 0.717) is 23.9 Å². The lowest BCUT2D eigenvalue weighted by Crippen LogP contribution is -2.47. The van der Waals surface area contributed by atoms with Gasteiger partial charge < -0.3 is 19.4 Å². The minimum atomic E-state index is -4.47. The van der Waals surface area contributed by atoms with Gasteiger partial charge in [0, 0.05) is 12.8 Å². The van der Waals surface area contributed by atoms with Gasteiger partial charge in [0.1, 0.15) is 19.3 Å². The number of phosphoric ester groups is 1. The molecule has 0 aromatic rings. The zero-order chi connectivity index (χ0) is 56.4. The third kappa shape index (κ3) is 56.9. The Balaban J connectivity index is 5.35. The fraction of sp³-hybridized carbons (Fsp3) is 0.672. The third-order valence-electron chi connectivity index (χ3n) is 12.9. The van der Waals surface area contributed by atoms with E-state index < -0.39 is 20.0 Å². The highest BCUT2D eigenvalue weighted by atomic mass is 31.2. The molecule has 0 bridgehead atoms. The number of ether oxygens (including phenoxy) is 1. The van der Waals surface area contributed by atoms with Crippen molar-refractivity contribution >= 4 is 19.7 Å². The number of nitrogens with zero attached hydrogens (tertiary/aromatic N) is 1. The summed E-state index contributed by atoms with van der Waals surface area (Å²) in [6.45, 7) is 6.80. The van der Waals surface area contributed by atoms with E-state index in [9.17, 15) is 19.0 Å². The fourth-order valence-corrected chi connectivity index (χ4v) is 8.86. The summed E-state index contributed by atoms with van der Waals surface area (Å²) in [4.78, 5) is 37.7. The second-order valence-electron chi connectivity index (χ2n) is 21.5. The SMILES string of the molecule is CC/C=C\C/C=C\C/C=C\C/C=C\C/C=C\C/C=C\CCCCC(=O)NC(COP(=O)(O)OCC[N+](C)(C)C)C(/C=C/CCCCCCCCCCC)OC(=O)CCCCCCCC/C=C\C/C=C\C/C=C\CCCCC. The molecular weight excluding hydrogens is 976 g/mol. The minimum absolute atomic E-state index is 0.0226. The first-order valence-electron chi connectivity index (χ1n) is 30.9. The predicted molar refractivity (Wildman–Crippen MR) is 332 cm³/mol. The monoisotopic (exact) mass is 1090 g/mol. The largest absolute Gasteiger partial charge is 0.472 e. The van der Waals surface area contributed by atoms with E-state index in [0.717, 1.165) is 122 Å². The Morgan fingerprint density at radius 3 is 1.29 bits per heavy atom. The molecular formula is C67H116N2O7P+. The topological polar surface area (TPSA) is 111 Å². The average molecular weight is 1090 g/mol. The van der Waals surface area contributed by atoms with Crippen molar-refractivity contribution in [1.29, 1.82) is 0 Å². The molecule has 3 unspecified atom stereocenters. The van der Waals surface area contributed by atoms with Gasteiger partial charge in [0.05, 0.1) is 33.8 Å². The van der Waals surface area contributed by atoms with Crippen molar-refractivity contribution in [3.63, 3.8) is 0 Å². The molecule has 0 fully saturated rings. The van der Waals surface area contributed by atoms with Gasteiger partial charge in [-0.05, 0) is 122 Å². The number of nitrogens with one attached hydrogen (secondary N) is 1. The van der Waals surface area contributed by atoms with Crippen LogP contribution in [0.3, 0.4) is 0 Å². The van der Waals surface area contributed by atoms with Gasteiger partial charge in [-0.25, -0.2) is 4.57 Å². The van der Waals surface area contributed by atoms with Crippen molar-refractivity contribution in [3.8, 4) is 0 Å². The Kier molecular flexibility index (Phi) is 53.1. The van der Waals surface area contributed by atoms with Crippen molar-refractivity contribution in [2.24, 2.45) is 0 Å². The van der Waals surface area contributed by atoms with Crippen LogP contribution in [0.25, 0.3) is 0 Å². The quantitative estimate of drug-likeness (QED) is 0.0205. The number of carbonyl (C=O) groups is 2. The zero-order valence-corrected chi connectivity index (χ0v) is 51.1. The first-order valence-corrected chi connectivity index (χ1v) is 32.4. The zero-order valence-electron chi connectivity index (χ0n) is 50.2. The highest BCUT2D eigenvalue weighted by Gasteiger charge is 2.30. The average Bonchev–Trinajstić information content (AvgIpc) is 3.39. The number of amides is 1. The number of likely N-dealkylation sites (N-methyl/N-ethyl adjacent to an activating group) is 1. The number of hydrogen-bond donors (Lipinski definition) is 2. The van der Waals surface area contributed by atoms with Crippen molar-refractivity contribution in [1.82, 2.24) is 5.32 Å². The van der Waals surface area contributed by atoms with E-state index in [2.05, 4.69) is 135 Å². The molecule has 0 spiro atoms. The van der Waals surface area contributed by atoms with Crippen molar-refractivity contribution < 1.29 is 37.3 Å². The first kappa shape index (κ1) is 73.4. The van der Waals surface area contributed by atoms with Crippen LogP contribution >= 0.6 is 7.82 Å². The molecule has 0 saturated carbocycles. The summed E-state index contributed by atoms with van der Waals surface area (Å²) in [6, 6.07) is -0.885. The number of hydrogen-bond acceptors (Lipinski definition) is 6. The second-order valence-corrected chi connectivity index (χ2v) is 22.9. The van der Waals surface area contributed by atoms with Crippen LogP contribution in [-0.4, -0.2) is 74.3 Å². The van der Waals surface area contributed by atoms with Gasteiger partial charge in [0.2, 0.25) is 5.91 Å². The maximum Gasteiger partial charge on any atom is 0.472 e. The van der Waals surface area contributed by atoms with Gasteiger partial charge in [-0.3, -0.25) is 18.6 Å². The fourth-order valence-electron chi connectivity index (χ4n) is 8.12. The Labute approximate surface area is 473 Å². The van der Waals surface area contributed by atoms with Gasteiger partial charge in [0.15, 0.2) is 0 Å². The summed E-state index contributed by atoms with van der Waals surface area (Å²) in [5.41, 5.74) is 0. The van der Waals surface area contributed by atoms with Crippen LogP contribution in [-0.2, 0) is 27.9 Å². The number of quaternary nitrogens is 1. The van der Waals surface area contributed by atoms with Crippen LogP contribution in [0.15, 0.2) is 122 Å². The smallest absolute Gasteiger partial charge is 0.456 e. The number of carbonyl (C=O) groups excluding carboxylic acids is 2. The molecule has 0 aliphatic carbocycles. The molecule has 0 heterocycles. The van der Waals surface area contributed by atoms with Crippen LogP contribution in [0, 0.1) is 0 Å². The van der Waals surface area contributed by atoms with Crippen LogP contribution in [0.5, 0.6) is 0 Å². The summed E-state index contributed by atoms with van der Waals surface area (Å²) in [5, 5.41) is 3.02. The summed E-state index contributed by atoms with van der Waals surface area (Å²) >= 11 is 0. The molecule has 3 atom stereocenters. The molecule has 440 valence electrons. The molecule has 77 heavy (non-hydrogen) atoms. The standard InChI is InChI=1S/C67H115N2O7P/c1-7-10-13-16-19-22-25-27-29-31-33-34-36-37-39-41-44-47-50-53-56-59-66(70)68-64(63-75-77(72,73)74-62-61-69(4,5)6)65(58-55-52-49-46-43-24-21-18-15-12-9-3)76-67(71)60-57-54-51-48-45-42-40-38-35-32-30-28-26-23-20-17-14-11-8-2/h10,13,19-20,22-23,27-30,33-35,37-39,44,47,55,58,64-65H,7-9,11-12,14-18,21,24-26,31-32,36,40-43,45-46,48-54,56-57,59-63H2,1-6H3,(H-,68,70,72,73)/p+1/b13-10-,22-19-,23-20-,29-27-,30-28-,34-33-,38-35-,39-37-,47-44-,58-55+. The van der Waals surface area contributed by atoms with Crippen molar-refractivity contribution in [3.05, 3.63) is 122 Å². The van der Waals surface area contributed by atoms with Gasteiger partial charge in [-0.1, -0.05) is 226 Å². The molecule has 0 aromatic heterocycles. The molecule has 0 rings (SSSR count). The maximum absolute atomic E-state index is 13.5. The number of unbranched alkanes of at least 4 members (excludes halogenated alkanes) is 20. The van der Waals surface area contributed by atoms with Gasteiger partial charge in [-0.15, -0.1) is 0 Å². The molecule has 0 aromatic carbocycles. The first-order chi connectivity index (χ1) is 37.4.